The maximum Gasteiger partial charge on any atom is 0.289 e. The van der Waals surface area contributed by atoms with Crippen LogP contribution < -0.4 is 5.32 Å². The lowest BCUT2D eigenvalue weighted by molar-refractivity contribution is -0.124. The largest absolute Gasteiger partial charge is 0.459 e. The molecule has 1 aromatic heterocycles. The number of nitrogens with zero attached hydrogens (tertiary/aromatic N) is 1. The van der Waals surface area contributed by atoms with Gasteiger partial charge >= 0.3 is 0 Å². The minimum absolute atomic E-state index is 0.0518. The number of alkyl halides is 2. The molecule has 2 amide bonds. The molecular formula is C11H14F2N2O4. The second-order valence-electron chi connectivity index (χ2n) is 3.93. The summed E-state index contributed by atoms with van der Waals surface area (Å²) in [6.07, 6.45) is 1.31. The van der Waals surface area contributed by atoms with Crippen LogP contribution in [0.4, 0.5) is 8.78 Å². The Morgan fingerprint density at radius 3 is 2.74 bits per heavy atom. The average molecular weight is 276 g/mol. The molecule has 2 N–H and O–H groups in total. The van der Waals surface area contributed by atoms with Gasteiger partial charge in [0.25, 0.3) is 11.8 Å². The number of carbonyl (C=O) groups excluding carboxylic acids is 2. The predicted molar refractivity (Wildman–Crippen MR) is 60.7 cm³/mol. The lowest BCUT2D eigenvalue weighted by atomic mass is 10.3. The number of carbonyl (C=O) groups is 2. The van der Waals surface area contributed by atoms with Crippen LogP contribution in [0.5, 0.6) is 0 Å². The van der Waals surface area contributed by atoms with Crippen molar-refractivity contribution in [3.8, 4) is 0 Å². The van der Waals surface area contributed by atoms with Crippen LogP contribution >= 0.6 is 0 Å². The maximum absolute atomic E-state index is 12.7. The summed E-state index contributed by atoms with van der Waals surface area (Å²) < 4.78 is 30.2. The Morgan fingerprint density at radius 2 is 2.21 bits per heavy atom. The molecule has 0 radical (unpaired) electrons. The number of halogens is 2. The Kier molecular flexibility index (Phi) is 4.99. The van der Waals surface area contributed by atoms with Gasteiger partial charge in [-0.3, -0.25) is 9.59 Å². The van der Waals surface area contributed by atoms with Crippen LogP contribution in [-0.2, 0) is 4.79 Å². The Bertz CT molecular complexity index is 434. The summed E-state index contributed by atoms with van der Waals surface area (Å²) in [5.41, 5.74) is 0. The molecule has 0 spiro atoms. The minimum Gasteiger partial charge on any atom is -0.459 e. The smallest absolute Gasteiger partial charge is 0.289 e. The van der Waals surface area contributed by atoms with Crippen LogP contribution in [0.15, 0.2) is 22.8 Å². The first kappa shape index (κ1) is 15.1. The van der Waals surface area contributed by atoms with E-state index in [1.54, 1.807) is 0 Å². The zero-order valence-corrected chi connectivity index (χ0v) is 10.2. The second kappa shape index (κ2) is 6.28. The highest BCUT2D eigenvalue weighted by Crippen LogP contribution is 2.09. The van der Waals surface area contributed by atoms with E-state index in [0.717, 1.165) is 4.90 Å². The second-order valence-corrected chi connectivity index (χ2v) is 3.93. The van der Waals surface area contributed by atoms with Gasteiger partial charge in [-0.15, -0.1) is 0 Å². The van der Waals surface area contributed by atoms with Crippen molar-refractivity contribution in [3.05, 3.63) is 24.2 Å². The summed E-state index contributed by atoms with van der Waals surface area (Å²) in [6.45, 7) is -2.72. The Labute approximate surface area is 108 Å². The summed E-state index contributed by atoms with van der Waals surface area (Å²) in [4.78, 5) is 24.0. The Morgan fingerprint density at radius 1 is 1.53 bits per heavy atom. The van der Waals surface area contributed by atoms with Crippen molar-refractivity contribution in [2.24, 2.45) is 0 Å². The van der Waals surface area contributed by atoms with E-state index >= 15 is 0 Å². The summed E-state index contributed by atoms with van der Waals surface area (Å²) >= 11 is 0. The molecule has 0 aromatic carbocycles. The van der Waals surface area contributed by atoms with E-state index in [2.05, 4.69) is 0 Å². The fourth-order valence-corrected chi connectivity index (χ4v) is 1.22. The van der Waals surface area contributed by atoms with Gasteiger partial charge in [0.2, 0.25) is 5.91 Å². The number of nitrogens with one attached hydrogen (secondary N) is 1. The van der Waals surface area contributed by atoms with E-state index < -0.39 is 30.9 Å². The molecule has 1 rings (SSSR count). The quantitative estimate of drug-likeness (QED) is 0.771. The van der Waals surface area contributed by atoms with Crippen molar-refractivity contribution in [1.29, 1.82) is 0 Å². The first-order chi connectivity index (χ1) is 8.85. The van der Waals surface area contributed by atoms with Gasteiger partial charge in [0.1, 0.15) is 6.61 Å². The molecule has 6 nitrogen and oxygen atoms in total. The molecule has 0 bridgehead atoms. The number of aliphatic hydroxyl groups excluding tert-OH is 1. The molecule has 0 aliphatic carbocycles. The molecule has 0 unspecified atom stereocenters. The number of furan rings is 1. The fourth-order valence-electron chi connectivity index (χ4n) is 1.22. The van der Waals surface area contributed by atoms with Gasteiger partial charge in [0.15, 0.2) is 5.76 Å². The molecule has 0 fully saturated rings. The van der Waals surface area contributed by atoms with Gasteiger partial charge in [-0.05, 0) is 12.1 Å². The zero-order chi connectivity index (χ0) is 14.5. The van der Waals surface area contributed by atoms with Crippen molar-refractivity contribution in [3.63, 3.8) is 0 Å². The molecule has 0 aliphatic heterocycles. The molecule has 19 heavy (non-hydrogen) atoms. The number of amides is 2. The van der Waals surface area contributed by atoms with Crippen LogP contribution in [-0.4, -0.2) is 54.5 Å². The van der Waals surface area contributed by atoms with Gasteiger partial charge in [-0.1, -0.05) is 0 Å². The number of hydrogen-bond acceptors (Lipinski definition) is 4. The van der Waals surface area contributed by atoms with Gasteiger partial charge in [0.05, 0.1) is 19.4 Å². The topological polar surface area (TPSA) is 82.8 Å². The van der Waals surface area contributed by atoms with Crippen LogP contribution in [0.25, 0.3) is 0 Å². The van der Waals surface area contributed by atoms with Gasteiger partial charge in [-0.2, -0.15) is 0 Å². The first-order valence-corrected chi connectivity index (χ1v) is 5.40. The lowest BCUT2D eigenvalue weighted by Gasteiger charge is -2.17. The van der Waals surface area contributed by atoms with Gasteiger partial charge in [-0.25, -0.2) is 8.78 Å². The van der Waals surface area contributed by atoms with Crippen LogP contribution in [0.2, 0.25) is 0 Å². The average Bonchev–Trinajstić information content (AvgIpc) is 2.89. The van der Waals surface area contributed by atoms with E-state index in [4.69, 9.17) is 9.52 Å². The van der Waals surface area contributed by atoms with E-state index in [-0.39, 0.29) is 12.3 Å². The van der Waals surface area contributed by atoms with E-state index in [1.165, 1.54) is 25.4 Å². The number of rotatable bonds is 6. The molecule has 0 atom stereocenters. The van der Waals surface area contributed by atoms with Crippen molar-refractivity contribution < 1.29 is 27.9 Å². The standard InChI is InChI=1S/C11H14F2N2O4/c1-15(10(18)8-3-2-4-19-8)5-9(17)14-6-11(12,13)7-16/h2-4,16H,5-7H2,1H3,(H,14,17). The Balaban J connectivity index is 2.42. The van der Waals surface area contributed by atoms with E-state index in [9.17, 15) is 18.4 Å². The number of aliphatic hydroxyl groups is 1. The highest BCUT2D eigenvalue weighted by molar-refractivity contribution is 5.94. The number of hydrogen-bond donors (Lipinski definition) is 2. The molecule has 8 heteroatoms. The summed E-state index contributed by atoms with van der Waals surface area (Å²) in [6, 6.07) is 2.94. The zero-order valence-electron chi connectivity index (χ0n) is 10.2. The summed E-state index contributed by atoms with van der Waals surface area (Å²) in [7, 11) is 1.34. The van der Waals surface area contributed by atoms with Gasteiger partial charge in [0, 0.05) is 7.05 Å². The predicted octanol–water partition coefficient (Wildman–Crippen LogP) is 0.0954. The monoisotopic (exact) mass is 276 g/mol. The van der Waals surface area contributed by atoms with Crippen molar-refractivity contribution >= 4 is 11.8 Å². The third kappa shape index (κ3) is 4.66. The lowest BCUT2D eigenvalue weighted by Crippen LogP contribution is -2.44. The molecule has 0 aliphatic rings. The SMILES string of the molecule is CN(CC(=O)NCC(F)(F)CO)C(=O)c1ccco1. The molecule has 1 aromatic rings. The third-order valence-electron chi connectivity index (χ3n) is 2.23. The maximum atomic E-state index is 12.7. The molecular weight excluding hydrogens is 262 g/mol. The van der Waals surface area contributed by atoms with Crippen molar-refractivity contribution in [1.82, 2.24) is 10.2 Å². The van der Waals surface area contributed by atoms with E-state index in [1.807, 2.05) is 5.32 Å². The molecule has 1 heterocycles. The normalized spacial score (nSPS) is 11.2. The highest BCUT2D eigenvalue weighted by Gasteiger charge is 2.28. The summed E-state index contributed by atoms with van der Waals surface area (Å²) in [5, 5.41) is 10.3. The highest BCUT2D eigenvalue weighted by atomic mass is 19.3. The molecule has 106 valence electrons. The first-order valence-electron chi connectivity index (χ1n) is 5.40. The van der Waals surface area contributed by atoms with Crippen LogP contribution in [0, 0.1) is 0 Å². The number of likely N-dealkylation sites (N-methyl/N-ethyl adjacent to an activating group) is 1. The van der Waals surface area contributed by atoms with Crippen LogP contribution in [0.3, 0.4) is 0 Å². The fraction of sp³-hybridized carbons (Fsp3) is 0.455. The summed E-state index contributed by atoms with van der Waals surface area (Å²) in [5.74, 6) is -4.61. The van der Waals surface area contributed by atoms with Crippen LogP contribution in [0.1, 0.15) is 10.6 Å². The molecule has 0 saturated carbocycles. The Hall–Kier alpha value is -1.96. The van der Waals surface area contributed by atoms with Crippen molar-refractivity contribution in [2.45, 2.75) is 5.92 Å². The van der Waals surface area contributed by atoms with E-state index in [0.29, 0.717) is 0 Å². The third-order valence-corrected chi connectivity index (χ3v) is 2.23. The minimum atomic E-state index is -3.38. The van der Waals surface area contributed by atoms with Crippen molar-refractivity contribution in [2.75, 3.05) is 26.7 Å². The molecule has 0 saturated heterocycles. The van der Waals surface area contributed by atoms with Gasteiger partial charge < -0.3 is 19.7 Å².